The highest BCUT2D eigenvalue weighted by molar-refractivity contribution is 7.92. The van der Waals surface area contributed by atoms with Crippen LogP contribution in [0.4, 0.5) is 5.69 Å². The molecular formula is C13H19ClN2O3S. The van der Waals surface area contributed by atoms with Crippen LogP contribution in [0.1, 0.15) is 19.4 Å². The van der Waals surface area contributed by atoms with Crippen molar-refractivity contribution in [2.24, 2.45) is 0 Å². The Morgan fingerprint density at radius 3 is 2.55 bits per heavy atom. The van der Waals surface area contributed by atoms with Gasteiger partial charge in [0, 0.05) is 11.6 Å². The third-order valence-electron chi connectivity index (χ3n) is 2.85. The summed E-state index contributed by atoms with van der Waals surface area (Å²) in [5.74, 6) is -0.350. The van der Waals surface area contributed by atoms with Crippen molar-refractivity contribution in [2.75, 3.05) is 17.1 Å². The smallest absolute Gasteiger partial charge is 0.243 e. The van der Waals surface area contributed by atoms with Crippen LogP contribution < -0.4 is 9.62 Å². The minimum Gasteiger partial charge on any atom is -0.355 e. The van der Waals surface area contributed by atoms with Crippen molar-refractivity contribution in [3.63, 3.8) is 0 Å². The molecule has 0 aromatic heterocycles. The number of nitrogens with one attached hydrogen (secondary N) is 1. The SMILES string of the molecule is CCNC(=O)[C@@H](C)N(c1cc(Cl)ccc1C)S(C)(=O)=O. The molecule has 1 amide bonds. The average molecular weight is 319 g/mol. The van der Waals surface area contributed by atoms with Gasteiger partial charge < -0.3 is 5.32 Å². The number of carbonyl (C=O) groups excluding carboxylic acids is 1. The van der Waals surface area contributed by atoms with Crippen LogP contribution in [0.2, 0.25) is 5.02 Å². The number of halogens is 1. The van der Waals surface area contributed by atoms with Gasteiger partial charge in [-0.05, 0) is 38.5 Å². The highest BCUT2D eigenvalue weighted by Crippen LogP contribution is 2.28. The molecule has 0 aliphatic heterocycles. The van der Waals surface area contributed by atoms with Crippen LogP contribution in [0.3, 0.4) is 0 Å². The van der Waals surface area contributed by atoms with E-state index in [0.717, 1.165) is 16.1 Å². The van der Waals surface area contributed by atoms with E-state index in [0.29, 0.717) is 17.3 Å². The Bertz CT molecular complexity index is 602. The van der Waals surface area contributed by atoms with Crippen LogP contribution in [0, 0.1) is 6.92 Å². The maximum atomic E-state index is 12.0. The van der Waals surface area contributed by atoms with E-state index in [-0.39, 0.29) is 5.91 Å². The number of hydrogen-bond acceptors (Lipinski definition) is 3. The van der Waals surface area contributed by atoms with Crippen LogP contribution in [0.5, 0.6) is 0 Å². The Labute approximate surface area is 125 Å². The summed E-state index contributed by atoms with van der Waals surface area (Å²) < 4.78 is 25.2. The first-order valence-electron chi connectivity index (χ1n) is 6.21. The second-order valence-corrected chi connectivity index (χ2v) is 6.86. The summed E-state index contributed by atoms with van der Waals surface area (Å²) >= 11 is 5.93. The molecule has 0 radical (unpaired) electrons. The van der Waals surface area contributed by atoms with Gasteiger partial charge in [0.05, 0.1) is 11.9 Å². The quantitative estimate of drug-likeness (QED) is 0.902. The monoisotopic (exact) mass is 318 g/mol. The topological polar surface area (TPSA) is 66.5 Å². The molecule has 1 rings (SSSR count). The molecular weight excluding hydrogens is 300 g/mol. The molecule has 0 spiro atoms. The molecule has 0 saturated heterocycles. The van der Waals surface area contributed by atoms with Crippen molar-refractivity contribution in [2.45, 2.75) is 26.8 Å². The molecule has 1 aromatic rings. The Hall–Kier alpha value is -1.27. The van der Waals surface area contributed by atoms with Crippen LogP contribution in [-0.2, 0) is 14.8 Å². The van der Waals surface area contributed by atoms with E-state index in [9.17, 15) is 13.2 Å². The highest BCUT2D eigenvalue weighted by Gasteiger charge is 2.29. The number of benzene rings is 1. The lowest BCUT2D eigenvalue weighted by atomic mass is 10.2. The summed E-state index contributed by atoms with van der Waals surface area (Å²) in [5, 5.41) is 3.04. The van der Waals surface area contributed by atoms with E-state index in [1.165, 1.54) is 0 Å². The minimum atomic E-state index is -3.61. The van der Waals surface area contributed by atoms with Gasteiger partial charge in [-0.15, -0.1) is 0 Å². The first-order chi connectivity index (χ1) is 9.18. The van der Waals surface area contributed by atoms with E-state index < -0.39 is 16.1 Å². The number of anilines is 1. The third-order valence-corrected chi connectivity index (χ3v) is 4.31. The maximum absolute atomic E-state index is 12.0. The first-order valence-corrected chi connectivity index (χ1v) is 8.44. The lowest BCUT2D eigenvalue weighted by Gasteiger charge is -2.29. The zero-order valence-corrected chi connectivity index (χ0v) is 13.5. The zero-order valence-electron chi connectivity index (χ0n) is 12.0. The van der Waals surface area contributed by atoms with Gasteiger partial charge in [0.15, 0.2) is 0 Å². The molecule has 5 nitrogen and oxygen atoms in total. The summed E-state index contributed by atoms with van der Waals surface area (Å²) in [5.41, 5.74) is 1.15. The fraction of sp³-hybridized carbons (Fsp3) is 0.462. The average Bonchev–Trinajstić information content (AvgIpc) is 2.32. The standard InChI is InChI=1S/C13H19ClN2O3S/c1-5-15-13(17)10(3)16(20(4,18)19)12-8-11(14)7-6-9(12)2/h6-8,10H,5H2,1-4H3,(H,15,17)/t10-/m1/s1. The Kier molecular flexibility index (Phi) is 5.42. The molecule has 7 heteroatoms. The molecule has 112 valence electrons. The molecule has 0 bridgehead atoms. The van der Waals surface area contributed by atoms with Crippen molar-refractivity contribution in [3.8, 4) is 0 Å². The van der Waals surface area contributed by atoms with Gasteiger partial charge in [0.25, 0.3) is 0 Å². The predicted octanol–water partition coefficient (Wildman–Crippen LogP) is 1.94. The summed E-state index contributed by atoms with van der Waals surface area (Å²) in [4.78, 5) is 12.0. The van der Waals surface area contributed by atoms with Gasteiger partial charge in [0.1, 0.15) is 6.04 Å². The summed E-state index contributed by atoms with van der Waals surface area (Å²) in [6.07, 6.45) is 1.07. The van der Waals surface area contributed by atoms with Gasteiger partial charge in [-0.1, -0.05) is 17.7 Å². The van der Waals surface area contributed by atoms with Crippen LogP contribution in [0.15, 0.2) is 18.2 Å². The Balaban J connectivity index is 3.34. The van der Waals surface area contributed by atoms with E-state index in [4.69, 9.17) is 11.6 Å². The van der Waals surface area contributed by atoms with Crippen LogP contribution >= 0.6 is 11.6 Å². The number of sulfonamides is 1. The molecule has 0 aliphatic rings. The number of carbonyl (C=O) groups is 1. The fourth-order valence-corrected chi connectivity index (χ4v) is 3.31. The second kappa shape index (κ2) is 6.45. The minimum absolute atomic E-state index is 0.350. The maximum Gasteiger partial charge on any atom is 0.243 e. The van der Waals surface area contributed by atoms with Gasteiger partial charge in [-0.2, -0.15) is 0 Å². The first kappa shape index (κ1) is 16.8. The largest absolute Gasteiger partial charge is 0.355 e. The number of aryl methyl sites for hydroxylation is 1. The third kappa shape index (κ3) is 3.86. The molecule has 0 fully saturated rings. The van der Waals surface area contributed by atoms with Crippen molar-refractivity contribution < 1.29 is 13.2 Å². The van der Waals surface area contributed by atoms with Crippen molar-refractivity contribution in [3.05, 3.63) is 28.8 Å². The van der Waals surface area contributed by atoms with Crippen LogP contribution in [0.25, 0.3) is 0 Å². The fourth-order valence-electron chi connectivity index (χ4n) is 1.92. The lowest BCUT2D eigenvalue weighted by Crippen LogP contribution is -2.48. The van der Waals surface area contributed by atoms with E-state index in [2.05, 4.69) is 5.32 Å². The predicted molar refractivity (Wildman–Crippen MR) is 81.7 cm³/mol. The molecule has 20 heavy (non-hydrogen) atoms. The normalized spacial score (nSPS) is 12.8. The molecule has 0 unspecified atom stereocenters. The molecule has 0 heterocycles. The molecule has 1 aromatic carbocycles. The number of nitrogens with zero attached hydrogens (tertiary/aromatic N) is 1. The number of hydrogen-bond donors (Lipinski definition) is 1. The summed E-state index contributed by atoms with van der Waals surface area (Å²) in [7, 11) is -3.61. The summed E-state index contributed by atoms with van der Waals surface area (Å²) in [6.45, 7) is 5.54. The number of amides is 1. The molecule has 0 aliphatic carbocycles. The molecule has 1 N–H and O–H groups in total. The number of rotatable bonds is 5. The van der Waals surface area contributed by atoms with Crippen molar-refractivity contribution in [1.29, 1.82) is 0 Å². The highest BCUT2D eigenvalue weighted by atomic mass is 35.5. The van der Waals surface area contributed by atoms with Gasteiger partial charge >= 0.3 is 0 Å². The van der Waals surface area contributed by atoms with Crippen molar-refractivity contribution >= 4 is 33.2 Å². The van der Waals surface area contributed by atoms with Gasteiger partial charge in [-0.3, -0.25) is 9.10 Å². The van der Waals surface area contributed by atoms with Crippen LogP contribution in [-0.4, -0.2) is 33.2 Å². The zero-order chi connectivity index (χ0) is 15.5. The molecule has 1 atom stereocenters. The second-order valence-electron chi connectivity index (χ2n) is 4.56. The van der Waals surface area contributed by atoms with E-state index in [1.54, 1.807) is 39.0 Å². The lowest BCUT2D eigenvalue weighted by molar-refractivity contribution is -0.121. The summed E-state index contributed by atoms with van der Waals surface area (Å²) in [6, 6.07) is 4.10. The van der Waals surface area contributed by atoms with E-state index in [1.807, 2.05) is 0 Å². The Morgan fingerprint density at radius 2 is 2.05 bits per heavy atom. The van der Waals surface area contributed by atoms with Gasteiger partial charge in [0.2, 0.25) is 15.9 Å². The van der Waals surface area contributed by atoms with Gasteiger partial charge in [-0.25, -0.2) is 8.42 Å². The Morgan fingerprint density at radius 1 is 1.45 bits per heavy atom. The van der Waals surface area contributed by atoms with Crippen molar-refractivity contribution in [1.82, 2.24) is 5.32 Å². The molecule has 0 saturated carbocycles. The number of likely N-dealkylation sites (N-methyl/N-ethyl adjacent to an activating group) is 1. The van der Waals surface area contributed by atoms with E-state index >= 15 is 0 Å².